The molecule has 7 nitrogen and oxygen atoms in total. The molecule has 0 spiro atoms. The predicted octanol–water partition coefficient (Wildman–Crippen LogP) is 3.82. The van der Waals surface area contributed by atoms with Gasteiger partial charge in [-0.2, -0.15) is 4.31 Å². The Morgan fingerprint density at radius 2 is 1.72 bits per heavy atom. The van der Waals surface area contributed by atoms with Crippen molar-refractivity contribution in [1.82, 2.24) is 9.79 Å². The van der Waals surface area contributed by atoms with Crippen LogP contribution in [0, 0.1) is 0 Å². The second-order valence-electron chi connectivity index (χ2n) is 7.88. The molecule has 2 aromatic rings. The van der Waals surface area contributed by atoms with E-state index in [4.69, 9.17) is 9.57 Å². The Balaban J connectivity index is 1.40. The van der Waals surface area contributed by atoms with Gasteiger partial charge in [0.1, 0.15) is 0 Å². The molecule has 172 valence electrons. The molecule has 0 aromatic heterocycles. The van der Waals surface area contributed by atoms with Gasteiger partial charge in [0.25, 0.3) is 5.91 Å². The van der Waals surface area contributed by atoms with Crippen LogP contribution in [0.2, 0.25) is 0 Å². The Kier molecular flexibility index (Phi) is 7.85. The minimum atomic E-state index is -3.80. The van der Waals surface area contributed by atoms with Crippen LogP contribution < -0.4 is 5.48 Å². The normalized spacial score (nSPS) is 20.7. The number of carbonyl (C=O) groups excluding carboxylic acids is 1. The van der Waals surface area contributed by atoms with Crippen molar-refractivity contribution in [2.45, 2.75) is 53.4 Å². The Bertz CT molecular complexity index is 1000. The van der Waals surface area contributed by atoms with E-state index in [1.807, 2.05) is 18.2 Å². The number of rotatable bonds is 7. The summed E-state index contributed by atoms with van der Waals surface area (Å²) in [7, 11) is -3.80. The molecule has 1 unspecified atom stereocenters. The molecule has 4 rings (SSSR count). The molecule has 2 saturated heterocycles. The zero-order valence-electron chi connectivity index (χ0n) is 17.8. The van der Waals surface area contributed by atoms with E-state index in [-0.39, 0.29) is 10.5 Å². The summed E-state index contributed by atoms with van der Waals surface area (Å²) in [6.07, 6.45) is 3.64. The maximum atomic E-state index is 13.4. The minimum absolute atomic E-state index is 0.000162. The highest BCUT2D eigenvalue weighted by molar-refractivity contribution is 8.00. The molecule has 2 fully saturated rings. The Morgan fingerprint density at radius 1 is 1.00 bits per heavy atom. The van der Waals surface area contributed by atoms with Crippen LogP contribution in [0.3, 0.4) is 0 Å². The molecular weight excluding hydrogens is 448 g/mol. The Labute approximate surface area is 193 Å². The molecule has 2 aromatic carbocycles. The summed E-state index contributed by atoms with van der Waals surface area (Å²) in [6.45, 7) is 1.44. The number of nitrogens with zero attached hydrogens (tertiary/aromatic N) is 1. The molecule has 2 aliphatic rings. The van der Waals surface area contributed by atoms with Crippen molar-refractivity contribution < 1.29 is 22.8 Å². The topological polar surface area (TPSA) is 84.9 Å². The third-order valence-electron chi connectivity index (χ3n) is 5.62. The van der Waals surface area contributed by atoms with E-state index >= 15 is 0 Å². The number of sulfonamides is 1. The smallest absolute Gasteiger partial charge is 0.276 e. The van der Waals surface area contributed by atoms with Crippen molar-refractivity contribution in [3.63, 3.8) is 0 Å². The number of hydroxylamine groups is 1. The number of hydrogen-bond acceptors (Lipinski definition) is 6. The lowest BCUT2D eigenvalue weighted by Gasteiger charge is -2.31. The van der Waals surface area contributed by atoms with E-state index in [1.165, 1.54) is 21.3 Å². The molecule has 1 amide bonds. The first-order valence-electron chi connectivity index (χ1n) is 10.9. The van der Waals surface area contributed by atoms with E-state index in [0.717, 1.165) is 25.7 Å². The van der Waals surface area contributed by atoms with Crippen LogP contribution in [0.1, 0.15) is 42.5 Å². The van der Waals surface area contributed by atoms with Crippen molar-refractivity contribution in [2.75, 3.05) is 19.7 Å². The maximum Gasteiger partial charge on any atom is 0.276 e. The largest absolute Gasteiger partial charge is 0.350 e. The molecule has 2 aliphatic heterocycles. The number of thioether (sulfide) groups is 1. The second kappa shape index (κ2) is 10.8. The molecule has 0 bridgehead atoms. The van der Waals surface area contributed by atoms with Crippen molar-refractivity contribution >= 4 is 27.7 Å². The van der Waals surface area contributed by atoms with Gasteiger partial charge in [-0.15, -0.1) is 11.8 Å². The number of hydrogen-bond donors (Lipinski definition) is 1. The maximum absolute atomic E-state index is 13.4. The highest BCUT2D eigenvalue weighted by Crippen LogP contribution is 2.32. The number of ether oxygens (including phenoxy) is 1. The lowest BCUT2D eigenvalue weighted by Crippen LogP contribution is -2.40. The fourth-order valence-corrected chi connectivity index (χ4v) is 6.68. The third-order valence-corrected chi connectivity index (χ3v) is 8.92. The summed E-state index contributed by atoms with van der Waals surface area (Å²) < 4.78 is 33.6. The zero-order valence-corrected chi connectivity index (χ0v) is 19.4. The van der Waals surface area contributed by atoms with E-state index in [0.29, 0.717) is 31.4 Å². The lowest BCUT2D eigenvalue weighted by atomic mass is 10.2. The van der Waals surface area contributed by atoms with Crippen LogP contribution in [0.5, 0.6) is 0 Å². The zero-order chi connectivity index (χ0) is 22.4. The summed E-state index contributed by atoms with van der Waals surface area (Å²) in [5.74, 6) is -0.590. The highest BCUT2D eigenvalue weighted by atomic mass is 32.2. The average Bonchev–Trinajstić information content (AvgIpc) is 2.84. The number of benzene rings is 2. The molecule has 1 atom stereocenters. The minimum Gasteiger partial charge on any atom is -0.350 e. The van der Waals surface area contributed by atoms with Crippen LogP contribution >= 0.6 is 11.8 Å². The van der Waals surface area contributed by atoms with Gasteiger partial charge in [-0.1, -0.05) is 30.3 Å². The van der Waals surface area contributed by atoms with Crippen molar-refractivity contribution in [2.24, 2.45) is 0 Å². The molecule has 32 heavy (non-hydrogen) atoms. The number of amides is 1. The first kappa shape index (κ1) is 23.3. The first-order chi connectivity index (χ1) is 15.5. The molecule has 1 N–H and O–H groups in total. The van der Waals surface area contributed by atoms with Crippen LogP contribution in [0.25, 0.3) is 0 Å². The molecule has 9 heteroatoms. The van der Waals surface area contributed by atoms with Crippen molar-refractivity contribution in [3.05, 3.63) is 60.2 Å². The van der Waals surface area contributed by atoms with E-state index < -0.39 is 22.2 Å². The molecule has 2 heterocycles. The summed E-state index contributed by atoms with van der Waals surface area (Å²) in [5.41, 5.74) is 2.44. The lowest BCUT2D eigenvalue weighted by molar-refractivity contribution is -0.186. The average molecular weight is 477 g/mol. The van der Waals surface area contributed by atoms with Gasteiger partial charge in [0.15, 0.2) is 6.29 Å². The van der Waals surface area contributed by atoms with Gasteiger partial charge in [0, 0.05) is 36.3 Å². The first-order valence-corrected chi connectivity index (χ1v) is 13.2. The summed E-state index contributed by atoms with van der Waals surface area (Å²) >= 11 is 1.79. The second-order valence-corrected chi connectivity index (χ2v) is 11.2. The van der Waals surface area contributed by atoms with Gasteiger partial charge in [0.2, 0.25) is 10.0 Å². The van der Waals surface area contributed by atoms with Crippen molar-refractivity contribution in [3.8, 4) is 0 Å². The van der Waals surface area contributed by atoms with E-state index in [2.05, 4.69) is 17.6 Å². The van der Waals surface area contributed by atoms with Gasteiger partial charge in [-0.3, -0.25) is 4.79 Å². The Hall–Kier alpha value is -1.91. The van der Waals surface area contributed by atoms with Crippen LogP contribution in [0.4, 0.5) is 0 Å². The van der Waals surface area contributed by atoms with Crippen LogP contribution in [0.15, 0.2) is 64.4 Å². The SMILES string of the molecule is O=C(NOC1CCCCO1)c1ccccc1S(=O)(=O)N1CCC(Sc2ccccc2)CC1. The third kappa shape index (κ3) is 5.71. The quantitative estimate of drug-likeness (QED) is 0.612. The molecule has 0 saturated carbocycles. The predicted molar refractivity (Wildman–Crippen MR) is 123 cm³/mol. The van der Waals surface area contributed by atoms with Gasteiger partial charge >= 0.3 is 0 Å². The highest BCUT2D eigenvalue weighted by Gasteiger charge is 2.32. The van der Waals surface area contributed by atoms with Crippen LogP contribution in [-0.2, 0) is 19.6 Å². The number of nitrogens with one attached hydrogen (secondary N) is 1. The Morgan fingerprint density at radius 3 is 2.44 bits per heavy atom. The standard InChI is InChI=1S/C23H28N2O5S2/c26-23(24-30-22-12-6-7-17-29-22)20-10-4-5-11-21(20)32(27,28)25-15-13-19(14-16-25)31-18-8-2-1-3-9-18/h1-5,8-11,19,22H,6-7,12-17H2,(H,24,26). The van der Waals surface area contributed by atoms with E-state index in [9.17, 15) is 13.2 Å². The van der Waals surface area contributed by atoms with Gasteiger partial charge in [-0.25, -0.2) is 18.7 Å². The van der Waals surface area contributed by atoms with Crippen LogP contribution in [-0.4, -0.2) is 49.9 Å². The van der Waals surface area contributed by atoms with E-state index in [1.54, 1.807) is 23.9 Å². The number of piperidine rings is 1. The van der Waals surface area contributed by atoms with Gasteiger partial charge in [-0.05, 0) is 49.9 Å². The summed E-state index contributed by atoms with van der Waals surface area (Å²) in [6, 6.07) is 16.4. The fraction of sp³-hybridized carbons (Fsp3) is 0.435. The van der Waals surface area contributed by atoms with Gasteiger partial charge in [0.05, 0.1) is 10.5 Å². The fourth-order valence-electron chi connectivity index (χ4n) is 3.88. The number of carbonyl (C=O) groups is 1. The molecule has 0 aliphatic carbocycles. The summed E-state index contributed by atoms with van der Waals surface area (Å²) in [5, 5.41) is 0.367. The van der Waals surface area contributed by atoms with Gasteiger partial charge < -0.3 is 4.74 Å². The monoisotopic (exact) mass is 476 g/mol. The van der Waals surface area contributed by atoms with Crippen molar-refractivity contribution in [1.29, 1.82) is 0 Å². The summed E-state index contributed by atoms with van der Waals surface area (Å²) in [4.78, 5) is 19.3. The molecule has 0 radical (unpaired) electrons. The molecular formula is C23H28N2O5S2.